The first-order valence-electron chi connectivity index (χ1n) is 11.2. The van der Waals surface area contributed by atoms with Crippen LogP contribution in [0.25, 0.3) is 0 Å². The predicted octanol–water partition coefficient (Wildman–Crippen LogP) is 1.40. The molecule has 4 rings (SSSR count). The number of aromatic nitrogens is 2. The van der Waals surface area contributed by atoms with Crippen molar-refractivity contribution >= 4 is 5.96 Å². The van der Waals surface area contributed by atoms with E-state index in [1.807, 2.05) is 24.1 Å². The maximum atomic E-state index is 6.03. The molecule has 1 atom stereocenters. The van der Waals surface area contributed by atoms with Crippen LogP contribution >= 0.6 is 0 Å². The van der Waals surface area contributed by atoms with E-state index in [-0.39, 0.29) is 11.6 Å². The molecule has 29 heavy (non-hydrogen) atoms. The minimum absolute atomic E-state index is 0.0388. The van der Waals surface area contributed by atoms with E-state index >= 15 is 0 Å². The van der Waals surface area contributed by atoms with Crippen molar-refractivity contribution in [2.45, 2.75) is 44.2 Å². The molecule has 8 nitrogen and oxygen atoms in total. The van der Waals surface area contributed by atoms with Crippen molar-refractivity contribution in [3.8, 4) is 0 Å². The monoisotopic (exact) mass is 404 g/mol. The molecule has 8 heteroatoms. The molecule has 3 aliphatic rings. The molecule has 4 heterocycles. The second-order valence-electron chi connectivity index (χ2n) is 8.45. The van der Waals surface area contributed by atoms with Crippen molar-refractivity contribution in [3.05, 3.63) is 18.0 Å². The molecule has 1 aromatic heterocycles. The Morgan fingerprint density at radius 2 is 2.03 bits per heavy atom. The fourth-order valence-electron chi connectivity index (χ4n) is 4.81. The summed E-state index contributed by atoms with van der Waals surface area (Å²) in [4.78, 5) is 10.2. The Morgan fingerprint density at radius 3 is 2.72 bits per heavy atom. The molecule has 0 aliphatic carbocycles. The molecule has 0 aromatic carbocycles. The lowest BCUT2D eigenvalue weighted by Gasteiger charge is -2.44. The largest absolute Gasteiger partial charge is 0.381 e. The molecular formula is C21H36N6O2. The van der Waals surface area contributed by atoms with E-state index in [1.165, 1.54) is 25.9 Å². The zero-order valence-corrected chi connectivity index (χ0v) is 18.0. The van der Waals surface area contributed by atoms with Crippen LogP contribution in [0.4, 0.5) is 0 Å². The number of nitrogens with one attached hydrogen (secondary N) is 1. The Morgan fingerprint density at radius 1 is 1.24 bits per heavy atom. The maximum absolute atomic E-state index is 6.03. The SMILES string of the molecule is CCNC(=NCC1(N2CCCC2)CCOCC1)N1CCOC(c2cnn(C)c2)C1. The second-order valence-corrected chi connectivity index (χ2v) is 8.45. The molecule has 1 unspecified atom stereocenters. The van der Waals surface area contributed by atoms with E-state index in [4.69, 9.17) is 14.5 Å². The van der Waals surface area contributed by atoms with Gasteiger partial charge >= 0.3 is 0 Å². The first-order chi connectivity index (χ1) is 14.2. The summed E-state index contributed by atoms with van der Waals surface area (Å²) in [6.45, 7) is 10.3. The normalized spacial score (nSPS) is 26.1. The molecule has 0 amide bonds. The Hall–Kier alpha value is -1.64. The molecular weight excluding hydrogens is 368 g/mol. The number of aryl methyl sites for hydroxylation is 1. The zero-order chi connectivity index (χ0) is 20.1. The average Bonchev–Trinajstić information content (AvgIpc) is 3.44. The van der Waals surface area contributed by atoms with Crippen LogP contribution in [0.5, 0.6) is 0 Å². The molecule has 1 aromatic rings. The van der Waals surface area contributed by atoms with E-state index in [0.717, 1.165) is 63.8 Å². The van der Waals surface area contributed by atoms with Crippen LogP contribution in [0.1, 0.15) is 44.3 Å². The summed E-state index contributed by atoms with van der Waals surface area (Å²) >= 11 is 0. The van der Waals surface area contributed by atoms with E-state index < -0.39 is 0 Å². The third-order valence-corrected chi connectivity index (χ3v) is 6.52. The minimum atomic E-state index is 0.0388. The summed E-state index contributed by atoms with van der Waals surface area (Å²) in [5, 5.41) is 7.83. The number of nitrogens with zero attached hydrogens (tertiary/aromatic N) is 5. The van der Waals surface area contributed by atoms with Crippen molar-refractivity contribution in [2.75, 3.05) is 59.1 Å². The number of hydrogen-bond acceptors (Lipinski definition) is 5. The number of likely N-dealkylation sites (tertiary alicyclic amines) is 1. The van der Waals surface area contributed by atoms with Crippen LogP contribution < -0.4 is 5.32 Å². The predicted molar refractivity (Wildman–Crippen MR) is 113 cm³/mol. The number of hydrogen-bond donors (Lipinski definition) is 1. The van der Waals surface area contributed by atoms with Gasteiger partial charge in [0, 0.05) is 50.7 Å². The smallest absolute Gasteiger partial charge is 0.194 e. The quantitative estimate of drug-likeness (QED) is 0.591. The summed E-state index contributed by atoms with van der Waals surface area (Å²) in [6.07, 6.45) is 8.77. The van der Waals surface area contributed by atoms with Crippen molar-refractivity contribution < 1.29 is 9.47 Å². The molecule has 0 bridgehead atoms. The number of rotatable bonds is 5. The van der Waals surface area contributed by atoms with Gasteiger partial charge in [-0.1, -0.05) is 0 Å². The van der Waals surface area contributed by atoms with Crippen LogP contribution in [0.15, 0.2) is 17.4 Å². The van der Waals surface area contributed by atoms with Crippen LogP contribution in [0.2, 0.25) is 0 Å². The van der Waals surface area contributed by atoms with E-state index in [0.29, 0.717) is 6.61 Å². The molecule has 162 valence electrons. The highest BCUT2D eigenvalue weighted by molar-refractivity contribution is 5.80. The van der Waals surface area contributed by atoms with Gasteiger partial charge in [0.2, 0.25) is 0 Å². The zero-order valence-electron chi connectivity index (χ0n) is 18.0. The van der Waals surface area contributed by atoms with Gasteiger partial charge in [0.25, 0.3) is 0 Å². The van der Waals surface area contributed by atoms with E-state index in [2.05, 4.69) is 27.1 Å². The standard InChI is InChI=1S/C21H36N6O2/c1-3-22-20(26-10-13-29-19(16-26)18-14-24-25(2)15-18)23-17-21(6-11-28-12-7-21)27-8-4-5-9-27/h14-15,19H,3-13,16-17H2,1-2H3,(H,22,23). The molecule has 0 spiro atoms. The van der Waals surface area contributed by atoms with Gasteiger partial charge in [0.1, 0.15) is 6.10 Å². The number of guanidine groups is 1. The second kappa shape index (κ2) is 9.45. The molecule has 0 radical (unpaired) electrons. The van der Waals surface area contributed by atoms with Crippen molar-refractivity contribution in [3.63, 3.8) is 0 Å². The van der Waals surface area contributed by atoms with Gasteiger partial charge in [-0.15, -0.1) is 0 Å². The van der Waals surface area contributed by atoms with E-state index in [9.17, 15) is 0 Å². The third-order valence-electron chi connectivity index (χ3n) is 6.52. The van der Waals surface area contributed by atoms with Crippen molar-refractivity contribution in [1.29, 1.82) is 0 Å². The van der Waals surface area contributed by atoms with Gasteiger partial charge < -0.3 is 19.7 Å². The lowest BCUT2D eigenvalue weighted by molar-refractivity contribution is -0.0155. The lowest BCUT2D eigenvalue weighted by atomic mass is 9.88. The van der Waals surface area contributed by atoms with Crippen molar-refractivity contribution in [1.82, 2.24) is 24.9 Å². The molecule has 3 fully saturated rings. The molecule has 3 saturated heterocycles. The summed E-state index contributed by atoms with van der Waals surface area (Å²) in [6, 6.07) is 0. The number of ether oxygens (including phenoxy) is 2. The topological polar surface area (TPSA) is 67.2 Å². The van der Waals surface area contributed by atoms with Gasteiger partial charge in [-0.05, 0) is 45.7 Å². The maximum Gasteiger partial charge on any atom is 0.194 e. The first kappa shape index (κ1) is 20.6. The summed E-state index contributed by atoms with van der Waals surface area (Å²) in [5.41, 5.74) is 1.29. The Kier molecular flexibility index (Phi) is 6.72. The summed E-state index contributed by atoms with van der Waals surface area (Å²) in [5.74, 6) is 1.01. The van der Waals surface area contributed by atoms with Gasteiger partial charge in [0.15, 0.2) is 5.96 Å². The number of aliphatic imine (C=N–C) groups is 1. The highest BCUT2D eigenvalue weighted by Crippen LogP contribution is 2.32. The summed E-state index contributed by atoms with van der Waals surface area (Å²) in [7, 11) is 1.95. The number of morpholine rings is 1. The first-order valence-corrected chi connectivity index (χ1v) is 11.2. The third kappa shape index (κ3) is 4.75. The van der Waals surface area contributed by atoms with Crippen LogP contribution in [0.3, 0.4) is 0 Å². The van der Waals surface area contributed by atoms with Crippen LogP contribution in [0, 0.1) is 0 Å². The Balaban J connectivity index is 1.48. The molecule has 1 N–H and O–H groups in total. The Labute approximate surface area is 174 Å². The van der Waals surface area contributed by atoms with Gasteiger partial charge in [-0.3, -0.25) is 14.6 Å². The Bertz CT molecular complexity index is 678. The van der Waals surface area contributed by atoms with Crippen LogP contribution in [-0.4, -0.2) is 90.2 Å². The highest BCUT2D eigenvalue weighted by atomic mass is 16.5. The highest BCUT2D eigenvalue weighted by Gasteiger charge is 2.39. The lowest BCUT2D eigenvalue weighted by Crippen LogP contribution is -2.54. The summed E-state index contributed by atoms with van der Waals surface area (Å²) < 4.78 is 13.6. The molecule has 0 saturated carbocycles. The van der Waals surface area contributed by atoms with Crippen molar-refractivity contribution in [2.24, 2.45) is 12.0 Å². The van der Waals surface area contributed by atoms with E-state index in [1.54, 1.807) is 0 Å². The van der Waals surface area contributed by atoms with Gasteiger partial charge in [-0.25, -0.2) is 0 Å². The minimum Gasteiger partial charge on any atom is -0.381 e. The van der Waals surface area contributed by atoms with Gasteiger partial charge in [0.05, 0.1) is 25.9 Å². The van der Waals surface area contributed by atoms with Gasteiger partial charge in [-0.2, -0.15) is 5.10 Å². The fourth-order valence-corrected chi connectivity index (χ4v) is 4.81. The van der Waals surface area contributed by atoms with Crippen LogP contribution in [-0.2, 0) is 16.5 Å². The fraction of sp³-hybridized carbons (Fsp3) is 0.810. The average molecular weight is 405 g/mol. The molecule has 3 aliphatic heterocycles.